The molecule has 2 rings (SSSR count). The van der Waals surface area contributed by atoms with Crippen LogP contribution in [0.2, 0.25) is 0 Å². The van der Waals surface area contributed by atoms with Gasteiger partial charge >= 0.3 is 0 Å². The number of hydrogen-bond acceptors (Lipinski definition) is 4. The fourth-order valence-electron chi connectivity index (χ4n) is 1.38. The Morgan fingerprint density at radius 3 is 2.75 bits per heavy atom. The summed E-state index contributed by atoms with van der Waals surface area (Å²) in [6.07, 6.45) is 1.83. The van der Waals surface area contributed by atoms with Crippen molar-refractivity contribution in [1.29, 1.82) is 0 Å². The Morgan fingerprint density at radius 1 is 1.31 bits per heavy atom. The van der Waals surface area contributed by atoms with Crippen molar-refractivity contribution in [2.75, 3.05) is 7.05 Å². The van der Waals surface area contributed by atoms with Gasteiger partial charge in [-0.2, -0.15) is 0 Å². The van der Waals surface area contributed by atoms with Gasteiger partial charge in [0.15, 0.2) is 0 Å². The van der Waals surface area contributed by atoms with Gasteiger partial charge in [-0.05, 0) is 24.7 Å². The normalized spacial score (nSPS) is 10.3. The van der Waals surface area contributed by atoms with Gasteiger partial charge < -0.3 is 10.1 Å². The molecule has 0 aliphatic rings. The Hall–Kier alpha value is -1.39. The molecule has 16 heavy (non-hydrogen) atoms. The van der Waals surface area contributed by atoms with Crippen LogP contribution in [0.25, 0.3) is 0 Å². The first-order valence-electron chi connectivity index (χ1n) is 5.12. The lowest BCUT2D eigenvalue weighted by Gasteiger charge is -2.05. The molecule has 0 bridgehead atoms. The number of aromatic nitrogens is 1. The molecule has 84 valence electrons. The van der Waals surface area contributed by atoms with Crippen LogP contribution >= 0.6 is 11.3 Å². The van der Waals surface area contributed by atoms with Gasteiger partial charge in [0.05, 0.1) is 10.4 Å². The van der Waals surface area contributed by atoms with E-state index >= 15 is 0 Å². The van der Waals surface area contributed by atoms with Gasteiger partial charge in [0, 0.05) is 12.7 Å². The molecule has 0 fully saturated rings. The zero-order chi connectivity index (χ0) is 11.2. The first-order chi connectivity index (χ1) is 7.88. The van der Waals surface area contributed by atoms with Crippen molar-refractivity contribution >= 4 is 11.3 Å². The van der Waals surface area contributed by atoms with Crippen LogP contribution in [0.5, 0.6) is 5.75 Å². The number of nitrogens with one attached hydrogen (secondary N) is 1. The van der Waals surface area contributed by atoms with Crippen LogP contribution in [-0.2, 0) is 13.2 Å². The lowest BCUT2D eigenvalue weighted by atomic mass is 10.2. The Balaban J connectivity index is 1.90. The van der Waals surface area contributed by atoms with E-state index < -0.39 is 0 Å². The van der Waals surface area contributed by atoms with Crippen molar-refractivity contribution in [3.05, 3.63) is 46.4 Å². The smallest absolute Gasteiger partial charge is 0.124 e. The summed E-state index contributed by atoms with van der Waals surface area (Å²) >= 11 is 1.61. The zero-order valence-corrected chi connectivity index (χ0v) is 9.96. The quantitative estimate of drug-likeness (QED) is 0.862. The minimum atomic E-state index is 0.593. The molecular weight excluding hydrogens is 220 g/mol. The third-order valence-corrected chi connectivity index (χ3v) is 2.92. The van der Waals surface area contributed by atoms with Crippen molar-refractivity contribution < 1.29 is 4.74 Å². The summed E-state index contributed by atoms with van der Waals surface area (Å²) in [5.74, 6) is 0.897. The fourth-order valence-corrected chi connectivity index (χ4v) is 1.88. The monoisotopic (exact) mass is 234 g/mol. The first kappa shape index (κ1) is 11.1. The molecule has 0 aliphatic carbocycles. The number of rotatable bonds is 5. The maximum atomic E-state index is 5.63. The maximum absolute atomic E-state index is 5.63. The molecule has 0 aliphatic heterocycles. The Labute approximate surface area is 99.1 Å². The molecule has 1 aromatic heterocycles. The Kier molecular flexibility index (Phi) is 3.91. The van der Waals surface area contributed by atoms with Crippen LogP contribution in [0.3, 0.4) is 0 Å². The van der Waals surface area contributed by atoms with Crippen molar-refractivity contribution in [1.82, 2.24) is 10.3 Å². The van der Waals surface area contributed by atoms with Crippen LogP contribution in [-0.4, -0.2) is 12.0 Å². The van der Waals surface area contributed by atoms with E-state index in [0.717, 1.165) is 17.2 Å². The number of ether oxygens (including phenoxy) is 1. The topological polar surface area (TPSA) is 34.1 Å². The van der Waals surface area contributed by atoms with Crippen LogP contribution < -0.4 is 10.1 Å². The molecule has 1 aromatic carbocycles. The van der Waals surface area contributed by atoms with E-state index in [1.807, 2.05) is 30.9 Å². The highest BCUT2D eigenvalue weighted by molar-refractivity contribution is 7.09. The number of hydrogen-bond donors (Lipinski definition) is 1. The predicted octanol–water partition coefficient (Wildman–Crippen LogP) is 2.44. The van der Waals surface area contributed by atoms with Crippen LogP contribution in [0.4, 0.5) is 0 Å². The minimum absolute atomic E-state index is 0.593. The average molecular weight is 234 g/mol. The van der Waals surface area contributed by atoms with Crippen molar-refractivity contribution in [2.24, 2.45) is 0 Å². The molecular formula is C12H14N2OS. The zero-order valence-electron chi connectivity index (χ0n) is 9.14. The van der Waals surface area contributed by atoms with E-state index in [1.54, 1.807) is 11.3 Å². The summed E-state index contributed by atoms with van der Waals surface area (Å²) in [5, 5.41) is 3.11. The van der Waals surface area contributed by atoms with E-state index in [1.165, 1.54) is 5.56 Å². The van der Waals surface area contributed by atoms with E-state index in [0.29, 0.717) is 6.61 Å². The van der Waals surface area contributed by atoms with Crippen LogP contribution in [0, 0.1) is 0 Å². The second kappa shape index (κ2) is 5.63. The van der Waals surface area contributed by atoms with Gasteiger partial charge in [0.1, 0.15) is 12.4 Å². The third-order valence-electron chi connectivity index (χ3n) is 2.17. The lowest BCUT2D eigenvalue weighted by molar-refractivity contribution is 0.309. The van der Waals surface area contributed by atoms with Gasteiger partial charge in [0.25, 0.3) is 0 Å². The fraction of sp³-hybridized carbons (Fsp3) is 0.250. The van der Waals surface area contributed by atoms with Crippen LogP contribution in [0.1, 0.15) is 10.4 Å². The molecule has 0 spiro atoms. The molecule has 0 radical (unpaired) electrons. The largest absolute Gasteiger partial charge is 0.488 e. The summed E-state index contributed by atoms with van der Waals surface area (Å²) in [6, 6.07) is 8.12. The van der Waals surface area contributed by atoms with Crippen molar-refractivity contribution in [2.45, 2.75) is 13.2 Å². The second-order valence-corrected chi connectivity index (χ2v) is 4.40. The van der Waals surface area contributed by atoms with E-state index in [4.69, 9.17) is 4.74 Å². The summed E-state index contributed by atoms with van der Waals surface area (Å²) in [7, 11) is 1.94. The van der Waals surface area contributed by atoms with Crippen LogP contribution in [0.15, 0.2) is 36.0 Å². The highest BCUT2D eigenvalue weighted by Crippen LogP contribution is 2.15. The SMILES string of the molecule is CNCc1ccc(OCc2cncs2)cc1. The van der Waals surface area contributed by atoms with Gasteiger partial charge in [-0.25, -0.2) is 0 Å². The standard InChI is InChI=1S/C12H14N2OS/c1-13-6-10-2-4-11(5-3-10)15-8-12-7-14-9-16-12/h2-5,7,9,13H,6,8H2,1H3. The average Bonchev–Trinajstić information content (AvgIpc) is 2.82. The highest BCUT2D eigenvalue weighted by atomic mass is 32.1. The molecule has 1 N–H and O–H groups in total. The summed E-state index contributed by atoms with van der Waals surface area (Å²) in [4.78, 5) is 5.14. The first-order valence-corrected chi connectivity index (χ1v) is 6.00. The minimum Gasteiger partial charge on any atom is -0.488 e. The predicted molar refractivity (Wildman–Crippen MR) is 65.7 cm³/mol. The molecule has 0 saturated carbocycles. The number of thiazole rings is 1. The van der Waals surface area contributed by atoms with E-state index in [9.17, 15) is 0 Å². The molecule has 3 nitrogen and oxygen atoms in total. The van der Waals surface area contributed by atoms with Gasteiger partial charge in [-0.15, -0.1) is 11.3 Å². The van der Waals surface area contributed by atoms with Gasteiger partial charge in [0.2, 0.25) is 0 Å². The summed E-state index contributed by atoms with van der Waals surface area (Å²) in [5.41, 5.74) is 3.07. The van der Waals surface area contributed by atoms with Gasteiger partial charge in [-0.3, -0.25) is 4.98 Å². The molecule has 2 aromatic rings. The molecule has 0 saturated heterocycles. The Morgan fingerprint density at radius 2 is 2.12 bits per heavy atom. The molecule has 0 atom stereocenters. The summed E-state index contributed by atoms with van der Waals surface area (Å²) < 4.78 is 5.63. The van der Waals surface area contributed by atoms with Crippen molar-refractivity contribution in [3.8, 4) is 5.75 Å². The highest BCUT2D eigenvalue weighted by Gasteiger charge is 1.97. The second-order valence-electron chi connectivity index (χ2n) is 3.43. The molecule has 0 unspecified atom stereocenters. The van der Waals surface area contributed by atoms with E-state index in [2.05, 4.69) is 22.4 Å². The summed E-state index contributed by atoms with van der Waals surface area (Å²) in [6.45, 7) is 1.48. The number of nitrogens with zero attached hydrogens (tertiary/aromatic N) is 1. The van der Waals surface area contributed by atoms with Crippen molar-refractivity contribution in [3.63, 3.8) is 0 Å². The Bertz CT molecular complexity index is 411. The maximum Gasteiger partial charge on any atom is 0.124 e. The number of benzene rings is 1. The molecule has 4 heteroatoms. The molecule has 0 amide bonds. The molecule has 1 heterocycles. The lowest BCUT2D eigenvalue weighted by Crippen LogP contribution is -2.04. The van der Waals surface area contributed by atoms with Gasteiger partial charge in [-0.1, -0.05) is 12.1 Å². The third kappa shape index (κ3) is 3.05. The van der Waals surface area contributed by atoms with E-state index in [-0.39, 0.29) is 0 Å².